The van der Waals surface area contributed by atoms with Gasteiger partial charge in [-0.05, 0) is 43.2 Å². The van der Waals surface area contributed by atoms with E-state index in [-0.39, 0.29) is 5.57 Å². The van der Waals surface area contributed by atoms with Crippen LogP contribution in [0, 0.1) is 0 Å². The SMILES string of the molecule is CCOc1cc(/C=C(\C)C(=O)O)ccc1OCc1ccccc1. The van der Waals surface area contributed by atoms with Crippen molar-refractivity contribution in [2.75, 3.05) is 6.61 Å². The van der Waals surface area contributed by atoms with Crippen LogP contribution in [-0.4, -0.2) is 17.7 Å². The van der Waals surface area contributed by atoms with Gasteiger partial charge in [0.15, 0.2) is 11.5 Å². The van der Waals surface area contributed by atoms with Gasteiger partial charge in [0.1, 0.15) is 6.61 Å². The van der Waals surface area contributed by atoms with Gasteiger partial charge in [0, 0.05) is 5.57 Å². The Balaban J connectivity index is 2.19. The summed E-state index contributed by atoms with van der Waals surface area (Å²) in [4.78, 5) is 10.9. The van der Waals surface area contributed by atoms with E-state index < -0.39 is 5.97 Å². The van der Waals surface area contributed by atoms with Crippen molar-refractivity contribution in [1.82, 2.24) is 0 Å². The Morgan fingerprint density at radius 2 is 1.83 bits per heavy atom. The highest BCUT2D eigenvalue weighted by Gasteiger charge is 2.07. The van der Waals surface area contributed by atoms with E-state index in [0.717, 1.165) is 11.1 Å². The molecule has 0 unspecified atom stereocenters. The van der Waals surface area contributed by atoms with Crippen molar-refractivity contribution >= 4 is 12.0 Å². The van der Waals surface area contributed by atoms with Crippen molar-refractivity contribution in [2.24, 2.45) is 0 Å². The van der Waals surface area contributed by atoms with Crippen molar-refractivity contribution in [3.05, 3.63) is 65.2 Å². The first-order valence-electron chi connectivity index (χ1n) is 7.45. The Kier molecular flexibility index (Phi) is 5.80. The van der Waals surface area contributed by atoms with Crippen LogP contribution in [0.25, 0.3) is 6.08 Å². The molecule has 0 spiro atoms. The molecule has 120 valence electrons. The fraction of sp³-hybridized carbons (Fsp3) is 0.211. The number of carboxylic acid groups (broad SMARTS) is 1. The summed E-state index contributed by atoms with van der Waals surface area (Å²) < 4.78 is 11.4. The van der Waals surface area contributed by atoms with E-state index in [2.05, 4.69) is 0 Å². The fourth-order valence-electron chi connectivity index (χ4n) is 2.05. The van der Waals surface area contributed by atoms with Crippen LogP contribution < -0.4 is 9.47 Å². The highest BCUT2D eigenvalue weighted by atomic mass is 16.5. The molecule has 4 heteroatoms. The van der Waals surface area contributed by atoms with Crippen LogP contribution >= 0.6 is 0 Å². The van der Waals surface area contributed by atoms with E-state index in [1.807, 2.05) is 43.3 Å². The molecule has 0 bridgehead atoms. The quantitative estimate of drug-likeness (QED) is 0.780. The second kappa shape index (κ2) is 8.03. The molecule has 2 aromatic rings. The third-order valence-corrected chi connectivity index (χ3v) is 3.23. The molecule has 0 amide bonds. The van der Waals surface area contributed by atoms with Gasteiger partial charge in [-0.25, -0.2) is 4.79 Å². The number of ether oxygens (including phenoxy) is 2. The number of hydrogen-bond acceptors (Lipinski definition) is 3. The minimum Gasteiger partial charge on any atom is -0.490 e. The van der Waals surface area contributed by atoms with Crippen LogP contribution in [0.4, 0.5) is 0 Å². The summed E-state index contributed by atoms with van der Waals surface area (Å²) in [6, 6.07) is 15.3. The zero-order valence-electron chi connectivity index (χ0n) is 13.3. The lowest BCUT2D eigenvalue weighted by Gasteiger charge is -2.13. The lowest BCUT2D eigenvalue weighted by molar-refractivity contribution is -0.132. The van der Waals surface area contributed by atoms with Gasteiger partial charge in [-0.15, -0.1) is 0 Å². The monoisotopic (exact) mass is 312 g/mol. The predicted octanol–water partition coefficient (Wildman–Crippen LogP) is 4.15. The topological polar surface area (TPSA) is 55.8 Å². The van der Waals surface area contributed by atoms with Gasteiger partial charge in [0.25, 0.3) is 0 Å². The third kappa shape index (κ3) is 4.88. The second-order valence-electron chi connectivity index (χ2n) is 5.05. The Morgan fingerprint density at radius 3 is 2.48 bits per heavy atom. The largest absolute Gasteiger partial charge is 0.490 e. The third-order valence-electron chi connectivity index (χ3n) is 3.23. The summed E-state index contributed by atoms with van der Waals surface area (Å²) in [5.41, 5.74) is 2.10. The molecule has 0 radical (unpaired) electrons. The maximum Gasteiger partial charge on any atom is 0.331 e. The summed E-state index contributed by atoms with van der Waals surface area (Å²) in [7, 11) is 0. The molecule has 0 aromatic heterocycles. The van der Waals surface area contributed by atoms with Crippen LogP contribution in [0.1, 0.15) is 25.0 Å². The molecule has 1 N–H and O–H groups in total. The molecule has 2 rings (SSSR count). The van der Waals surface area contributed by atoms with Crippen LogP contribution in [0.5, 0.6) is 11.5 Å². The minimum atomic E-state index is -0.938. The summed E-state index contributed by atoms with van der Waals surface area (Å²) >= 11 is 0. The first-order valence-corrected chi connectivity index (χ1v) is 7.45. The van der Waals surface area contributed by atoms with Crippen molar-refractivity contribution < 1.29 is 19.4 Å². The second-order valence-corrected chi connectivity index (χ2v) is 5.05. The standard InChI is InChI=1S/C19H20O4/c1-3-22-18-12-16(11-14(2)19(20)21)9-10-17(18)23-13-15-7-5-4-6-8-15/h4-12H,3,13H2,1-2H3,(H,20,21)/b14-11+. The normalized spacial score (nSPS) is 11.1. The van der Waals surface area contributed by atoms with E-state index >= 15 is 0 Å². The molecule has 0 aliphatic heterocycles. The minimum absolute atomic E-state index is 0.269. The molecule has 0 atom stereocenters. The van der Waals surface area contributed by atoms with Gasteiger partial charge in [-0.1, -0.05) is 36.4 Å². The highest BCUT2D eigenvalue weighted by Crippen LogP contribution is 2.30. The molecule has 0 aliphatic carbocycles. The smallest absolute Gasteiger partial charge is 0.331 e. The summed E-state index contributed by atoms with van der Waals surface area (Å²) in [5, 5.41) is 8.96. The van der Waals surface area contributed by atoms with Gasteiger partial charge in [-0.3, -0.25) is 0 Å². The van der Waals surface area contributed by atoms with Gasteiger partial charge in [0.05, 0.1) is 6.61 Å². The zero-order valence-corrected chi connectivity index (χ0v) is 13.3. The van der Waals surface area contributed by atoms with Crippen LogP contribution in [0.15, 0.2) is 54.1 Å². The van der Waals surface area contributed by atoms with E-state index in [4.69, 9.17) is 14.6 Å². The van der Waals surface area contributed by atoms with Crippen molar-refractivity contribution in [1.29, 1.82) is 0 Å². The zero-order chi connectivity index (χ0) is 16.7. The van der Waals surface area contributed by atoms with E-state index in [9.17, 15) is 4.79 Å². The van der Waals surface area contributed by atoms with Crippen molar-refractivity contribution in [3.8, 4) is 11.5 Å². The van der Waals surface area contributed by atoms with Gasteiger partial charge in [-0.2, -0.15) is 0 Å². The number of benzene rings is 2. The average molecular weight is 312 g/mol. The van der Waals surface area contributed by atoms with Gasteiger partial charge < -0.3 is 14.6 Å². The molecule has 0 heterocycles. The summed E-state index contributed by atoms with van der Waals surface area (Å²) in [5.74, 6) is 0.309. The number of carbonyl (C=O) groups is 1. The Morgan fingerprint density at radius 1 is 1.09 bits per heavy atom. The van der Waals surface area contributed by atoms with Gasteiger partial charge >= 0.3 is 5.97 Å². The van der Waals surface area contributed by atoms with Crippen molar-refractivity contribution in [2.45, 2.75) is 20.5 Å². The Bertz CT molecular complexity index is 690. The van der Waals surface area contributed by atoms with Crippen LogP contribution in [0.2, 0.25) is 0 Å². The van der Waals surface area contributed by atoms with E-state index in [0.29, 0.717) is 24.7 Å². The first-order chi connectivity index (χ1) is 11.1. The Hall–Kier alpha value is -2.75. The molecule has 23 heavy (non-hydrogen) atoms. The average Bonchev–Trinajstić information content (AvgIpc) is 2.55. The van der Waals surface area contributed by atoms with Crippen molar-refractivity contribution in [3.63, 3.8) is 0 Å². The van der Waals surface area contributed by atoms with E-state index in [1.54, 1.807) is 25.1 Å². The molecule has 4 nitrogen and oxygen atoms in total. The van der Waals surface area contributed by atoms with Crippen LogP contribution in [0.3, 0.4) is 0 Å². The summed E-state index contributed by atoms with van der Waals surface area (Å²) in [6.45, 7) is 4.41. The number of carboxylic acids is 1. The molecule has 0 fully saturated rings. The van der Waals surface area contributed by atoms with Gasteiger partial charge in [0.2, 0.25) is 0 Å². The molecule has 0 aliphatic rings. The molecule has 0 saturated carbocycles. The maximum absolute atomic E-state index is 10.9. The lowest BCUT2D eigenvalue weighted by atomic mass is 10.1. The molecule has 2 aromatic carbocycles. The Labute approximate surface area is 136 Å². The number of hydrogen-bond donors (Lipinski definition) is 1. The number of aliphatic carboxylic acids is 1. The lowest BCUT2D eigenvalue weighted by Crippen LogP contribution is -2.00. The van der Waals surface area contributed by atoms with Crippen LogP contribution in [-0.2, 0) is 11.4 Å². The number of rotatable bonds is 7. The first kappa shape index (κ1) is 16.6. The predicted molar refractivity (Wildman–Crippen MR) is 89.7 cm³/mol. The maximum atomic E-state index is 10.9. The fourth-order valence-corrected chi connectivity index (χ4v) is 2.05. The highest BCUT2D eigenvalue weighted by molar-refractivity contribution is 5.91. The molecular formula is C19H20O4. The molecule has 0 saturated heterocycles. The summed E-state index contributed by atoms with van der Waals surface area (Å²) in [6.07, 6.45) is 1.60. The molecular weight excluding hydrogens is 292 g/mol. The van der Waals surface area contributed by atoms with E-state index in [1.165, 1.54) is 0 Å².